The lowest BCUT2D eigenvalue weighted by Gasteiger charge is -2.16. The first-order valence-corrected chi connectivity index (χ1v) is 6.31. The Bertz CT molecular complexity index is 513. The zero-order valence-electron chi connectivity index (χ0n) is 9.41. The van der Waals surface area contributed by atoms with Crippen molar-refractivity contribution in [1.29, 1.82) is 0 Å². The second kappa shape index (κ2) is 5.00. The number of sulfonamides is 1. The molecular weight excluding hydrogens is 246 g/mol. The Morgan fingerprint density at radius 2 is 2.18 bits per heavy atom. The Morgan fingerprint density at radius 1 is 1.53 bits per heavy atom. The zero-order valence-corrected chi connectivity index (χ0v) is 10.2. The average molecular weight is 259 g/mol. The smallest absolute Gasteiger partial charge is 0.320 e. The van der Waals surface area contributed by atoms with E-state index in [1.165, 1.54) is 12.3 Å². The molecule has 0 spiro atoms. The van der Waals surface area contributed by atoms with Crippen LogP contribution in [0.1, 0.15) is 0 Å². The van der Waals surface area contributed by atoms with Crippen molar-refractivity contribution >= 4 is 27.5 Å². The van der Waals surface area contributed by atoms with E-state index in [1.54, 1.807) is 25.1 Å². The SMILES string of the molecule is CN(C)c1ncccc1NS(=O)(=O)CC(=O)O. The molecule has 1 aromatic rings. The molecule has 0 saturated heterocycles. The fraction of sp³-hybridized carbons (Fsp3) is 0.333. The number of carbonyl (C=O) groups is 1. The summed E-state index contributed by atoms with van der Waals surface area (Å²) in [5.74, 6) is -1.97. The number of hydrogen-bond donors (Lipinski definition) is 2. The number of nitrogens with one attached hydrogen (secondary N) is 1. The van der Waals surface area contributed by atoms with Crippen molar-refractivity contribution in [2.24, 2.45) is 0 Å². The van der Waals surface area contributed by atoms with Gasteiger partial charge in [-0.25, -0.2) is 13.4 Å². The number of pyridine rings is 1. The highest BCUT2D eigenvalue weighted by Gasteiger charge is 2.17. The summed E-state index contributed by atoms with van der Waals surface area (Å²) < 4.78 is 25.1. The highest BCUT2D eigenvalue weighted by atomic mass is 32.2. The topological polar surface area (TPSA) is 99.6 Å². The van der Waals surface area contributed by atoms with Crippen LogP contribution >= 0.6 is 0 Å². The van der Waals surface area contributed by atoms with Crippen molar-refractivity contribution in [1.82, 2.24) is 4.98 Å². The van der Waals surface area contributed by atoms with Gasteiger partial charge in [-0.15, -0.1) is 0 Å². The maximum atomic E-state index is 11.4. The minimum absolute atomic E-state index is 0.249. The van der Waals surface area contributed by atoms with Gasteiger partial charge in [0.1, 0.15) is 0 Å². The van der Waals surface area contributed by atoms with Gasteiger partial charge in [0.25, 0.3) is 0 Å². The highest BCUT2D eigenvalue weighted by molar-refractivity contribution is 7.93. The van der Waals surface area contributed by atoms with E-state index < -0.39 is 21.7 Å². The van der Waals surface area contributed by atoms with Gasteiger partial charge in [0, 0.05) is 20.3 Å². The molecule has 0 atom stereocenters. The van der Waals surface area contributed by atoms with Gasteiger partial charge in [0.2, 0.25) is 10.0 Å². The van der Waals surface area contributed by atoms with E-state index in [0.29, 0.717) is 5.82 Å². The third-order valence-corrected chi connectivity index (χ3v) is 2.95. The molecular formula is C9H13N3O4S. The third kappa shape index (κ3) is 3.91. The Morgan fingerprint density at radius 3 is 2.71 bits per heavy atom. The van der Waals surface area contributed by atoms with Crippen LogP contribution in [0.2, 0.25) is 0 Å². The number of hydrogen-bond acceptors (Lipinski definition) is 5. The lowest BCUT2D eigenvalue weighted by molar-refractivity contribution is -0.134. The van der Waals surface area contributed by atoms with E-state index in [9.17, 15) is 13.2 Å². The van der Waals surface area contributed by atoms with Crippen molar-refractivity contribution in [3.8, 4) is 0 Å². The summed E-state index contributed by atoms with van der Waals surface area (Å²) in [4.78, 5) is 16.0. The Labute approximate surface area is 99.1 Å². The number of nitrogens with zero attached hydrogens (tertiary/aromatic N) is 2. The first-order chi connectivity index (χ1) is 7.82. The van der Waals surface area contributed by atoms with Gasteiger partial charge in [-0.1, -0.05) is 0 Å². The van der Waals surface area contributed by atoms with E-state index >= 15 is 0 Å². The van der Waals surface area contributed by atoms with Crippen LogP contribution in [0, 0.1) is 0 Å². The fourth-order valence-electron chi connectivity index (χ4n) is 1.20. The Kier molecular flexibility index (Phi) is 3.89. The zero-order chi connectivity index (χ0) is 13.1. The van der Waals surface area contributed by atoms with Gasteiger partial charge in [0.15, 0.2) is 11.6 Å². The normalized spacial score (nSPS) is 10.9. The summed E-state index contributed by atoms with van der Waals surface area (Å²) in [5, 5.41) is 8.46. The number of anilines is 2. The summed E-state index contributed by atoms with van der Waals surface area (Å²) in [6.07, 6.45) is 1.52. The molecule has 2 N–H and O–H groups in total. The predicted molar refractivity (Wildman–Crippen MR) is 63.6 cm³/mol. The van der Waals surface area contributed by atoms with Crippen LogP contribution in [0.15, 0.2) is 18.3 Å². The van der Waals surface area contributed by atoms with E-state index in [0.717, 1.165) is 0 Å². The van der Waals surface area contributed by atoms with Crippen LogP contribution in [0.4, 0.5) is 11.5 Å². The quantitative estimate of drug-likeness (QED) is 0.770. The summed E-state index contributed by atoms with van der Waals surface area (Å²) >= 11 is 0. The molecule has 17 heavy (non-hydrogen) atoms. The van der Waals surface area contributed by atoms with E-state index in [2.05, 4.69) is 9.71 Å². The molecule has 0 aliphatic heterocycles. The minimum Gasteiger partial charge on any atom is -0.480 e. The molecule has 7 nitrogen and oxygen atoms in total. The molecule has 8 heteroatoms. The summed E-state index contributed by atoms with van der Waals surface area (Å²) in [7, 11) is -0.495. The second-order valence-electron chi connectivity index (χ2n) is 3.52. The van der Waals surface area contributed by atoms with Gasteiger partial charge >= 0.3 is 5.97 Å². The van der Waals surface area contributed by atoms with Gasteiger partial charge in [-0.2, -0.15) is 0 Å². The fourth-order valence-corrected chi connectivity index (χ4v) is 2.09. The Hall–Kier alpha value is -1.83. The van der Waals surface area contributed by atoms with E-state index in [4.69, 9.17) is 5.11 Å². The van der Waals surface area contributed by atoms with Crippen LogP contribution < -0.4 is 9.62 Å². The number of carboxylic acids is 1. The predicted octanol–water partition coefficient (Wildman–Crippen LogP) is -0.0261. The maximum absolute atomic E-state index is 11.4. The largest absolute Gasteiger partial charge is 0.480 e. The van der Waals surface area contributed by atoms with Gasteiger partial charge < -0.3 is 10.0 Å². The second-order valence-corrected chi connectivity index (χ2v) is 5.25. The van der Waals surface area contributed by atoms with Crippen molar-refractivity contribution in [3.05, 3.63) is 18.3 Å². The molecule has 1 rings (SSSR count). The first kappa shape index (κ1) is 13.2. The molecule has 0 unspecified atom stereocenters. The molecule has 0 amide bonds. The molecule has 0 radical (unpaired) electrons. The lowest BCUT2D eigenvalue weighted by Crippen LogP contribution is -2.24. The van der Waals surface area contributed by atoms with Crippen molar-refractivity contribution in [3.63, 3.8) is 0 Å². The average Bonchev–Trinajstić information content (AvgIpc) is 2.14. The minimum atomic E-state index is -3.91. The molecule has 0 aromatic carbocycles. The van der Waals surface area contributed by atoms with Crippen molar-refractivity contribution in [2.75, 3.05) is 29.5 Å². The monoisotopic (exact) mass is 259 g/mol. The lowest BCUT2D eigenvalue weighted by atomic mass is 10.4. The molecule has 0 bridgehead atoms. The van der Waals surface area contributed by atoms with Gasteiger partial charge in [0.05, 0.1) is 5.69 Å². The van der Waals surface area contributed by atoms with Crippen molar-refractivity contribution < 1.29 is 18.3 Å². The molecule has 1 heterocycles. The van der Waals surface area contributed by atoms with Crippen LogP contribution in [0.3, 0.4) is 0 Å². The Balaban J connectivity index is 2.99. The third-order valence-electron chi connectivity index (χ3n) is 1.79. The van der Waals surface area contributed by atoms with E-state index in [-0.39, 0.29) is 5.69 Å². The molecule has 0 aliphatic carbocycles. The number of rotatable bonds is 5. The first-order valence-electron chi connectivity index (χ1n) is 4.66. The van der Waals surface area contributed by atoms with Crippen LogP contribution in [-0.4, -0.2) is 44.3 Å². The van der Waals surface area contributed by atoms with Crippen LogP contribution in [0.25, 0.3) is 0 Å². The number of carboxylic acid groups (broad SMARTS) is 1. The summed E-state index contributed by atoms with van der Waals surface area (Å²) in [6.45, 7) is 0. The molecule has 0 aliphatic rings. The number of aliphatic carboxylic acids is 1. The number of aromatic nitrogens is 1. The van der Waals surface area contributed by atoms with E-state index in [1.807, 2.05) is 0 Å². The highest BCUT2D eigenvalue weighted by Crippen LogP contribution is 2.21. The summed E-state index contributed by atoms with van der Waals surface area (Å²) in [6, 6.07) is 3.08. The van der Waals surface area contributed by atoms with Gasteiger partial charge in [-0.3, -0.25) is 9.52 Å². The van der Waals surface area contributed by atoms with Crippen molar-refractivity contribution in [2.45, 2.75) is 0 Å². The molecule has 1 aromatic heterocycles. The molecule has 0 fully saturated rings. The summed E-state index contributed by atoms with van der Waals surface area (Å²) in [5.41, 5.74) is 0.249. The standard InChI is InChI=1S/C9H13N3O4S/c1-12(2)9-7(4-3-5-10-9)11-17(15,16)6-8(13)14/h3-5,11H,6H2,1-2H3,(H,13,14). The van der Waals surface area contributed by atoms with Crippen LogP contribution in [-0.2, 0) is 14.8 Å². The van der Waals surface area contributed by atoms with Crippen LogP contribution in [0.5, 0.6) is 0 Å². The maximum Gasteiger partial charge on any atom is 0.320 e. The molecule has 0 saturated carbocycles. The molecule has 94 valence electrons. The van der Waals surface area contributed by atoms with Gasteiger partial charge in [-0.05, 0) is 12.1 Å².